The van der Waals surface area contributed by atoms with Crippen LogP contribution in [0.5, 0.6) is 5.75 Å². The highest BCUT2D eigenvalue weighted by atomic mass is 32.1. The van der Waals surface area contributed by atoms with Gasteiger partial charge in [0.05, 0.1) is 12.7 Å². The Bertz CT molecular complexity index is 604. The predicted molar refractivity (Wildman–Crippen MR) is 70.5 cm³/mol. The Kier molecular flexibility index (Phi) is 3.34. The van der Waals surface area contributed by atoms with E-state index < -0.39 is 5.97 Å². The molecule has 1 aromatic heterocycles. The summed E-state index contributed by atoms with van der Waals surface area (Å²) in [5, 5.41) is 9.68. The van der Waals surface area contributed by atoms with Crippen LogP contribution < -0.4 is 4.74 Å². The minimum Gasteiger partial charge on any atom is -0.496 e. The van der Waals surface area contributed by atoms with Gasteiger partial charge in [-0.25, -0.2) is 9.78 Å². The molecule has 94 valence electrons. The number of benzene rings is 1. The zero-order chi connectivity index (χ0) is 13.3. The summed E-state index contributed by atoms with van der Waals surface area (Å²) in [6.45, 7) is 3.73. The molecule has 1 heterocycles. The van der Waals surface area contributed by atoms with Crippen LogP contribution >= 0.6 is 11.3 Å². The second-order valence-electron chi connectivity index (χ2n) is 3.93. The molecule has 0 aliphatic carbocycles. The van der Waals surface area contributed by atoms with Crippen LogP contribution in [0.4, 0.5) is 0 Å². The van der Waals surface area contributed by atoms with E-state index in [0.717, 1.165) is 11.1 Å². The van der Waals surface area contributed by atoms with E-state index in [1.807, 2.05) is 25.1 Å². The molecule has 0 aliphatic rings. The zero-order valence-electron chi connectivity index (χ0n) is 10.4. The number of hydrogen-bond acceptors (Lipinski definition) is 4. The number of aromatic carboxylic acids is 1. The minimum atomic E-state index is -0.999. The van der Waals surface area contributed by atoms with Gasteiger partial charge in [-0.05, 0) is 31.5 Å². The fourth-order valence-corrected chi connectivity index (χ4v) is 2.62. The maximum absolute atomic E-state index is 11.0. The predicted octanol–water partition coefficient (Wildman–Crippen LogP) is 3.13. The van der Waals surface area contributed by atoms with Crippen LogP contribution in [0, 0.1) is 13.8 Å². The summed E-state index contributed by atoms with van der Waals surface area (Å²) in [6.07, 6.45) is 0. The fraction of sp³-hybridized carbons (Fsp3) is 0.231. The Morgan fingerprint density at radius 3 is 2.67 bits per heavy atom. The Balaban J connectivity index is 2.55. The molecule has 0 fully saturated rings. The molecule has 1 N–H and O–H groups in total. The third-order valence-corrected chi connectivity index (χ3v) is 3.59. The van der Waals surface area contributed by atoms with E-state index in [9.17, 15) is 4.79 Å². The zero-order valence-corrected chi connectivity index (χ0v) is 11.2. The number of hydrogen-bond donors (Lipinski definition) is 1. The third kappa shape index (κ3) is 2.22. The Morgan fingerprint density at radius 2 is 2.11 bits per heavy atom. The first-order valence-electron chi connectivity index (χ1n) is 5.38. The van der Waals surface area contributed by atoms with E-state index in [1.54, 1.807) is 14.0 Å². The fourth-order valence-electron chi connectivity index (χ4n) is 1.69. The van der Waals surface area contributed by atoms with E-state index in [0.29, 0.717) is 15.6 Å². The van der Waals surface area contributed by atoms with Gasteiger partial charge in [-0.3, -0.25) is 0 Å². The summed E-state index contributed by atoms with van der Waals surface area (Å²) in [4.78, 5) is 15.8. The van der Waals surface area contributed by atoms with E-state index in [4.69, 9.17) is 9.84 Å². The number of methoxy groups -OCH3 is 1. The van der Waals surface area contributed by atoms with Crippen molar-refractivity contribution in [1.82, 2.24) is 4.98 Å². The molecule has 1 aromatic carbocycles. The average molecular weight is 263 g/mol. The number of carboxylic acid groups (broad SMARTS) is 1. The summed E-state index contributed by atoms with van der Waals surface area (Å²) in [7, 11) is 1.59. The molecule has 0 radical (unpaired) electrons. The monoisotopic (exact) mass is 263 g/mol. The lowest BCUT2D eigenvalue weighted by Gasteiger charge is -2.06. The van der Waals surface area contributed by atoms with Gasteiger partial charge in [0.2, 0.25) is 0 Å². The molecule has 0 atom stereocenters. The van der Waals surface area contributed by atoms with Crippen LogP contribution in [0.2, 0.25) is 0 Å². The smallest absolute Gasteiger partial charge is 0.355 e. The van der Waals surface area contributed by atoms with Crippen molar-refractivity contribution in [2.75, 3.05) is 7.11 Å². The van der Waals surface area contributed by atoms with Crippen molar-refractivity contribution in [2.45, 2.75) is 13.8 Å². The second kappa shape index (κ2) is 4.78. The van der Waals surface area contributed by atoms with Crippen LogP contribution in [0.3, 0.4) is 0 Å². The number of carboxylic acids is 1. The Morgan fingerprint density at radius 1 is 1.39 bits per heavy atom. The van der Waals surface area contributed by atoms with E-state index >= 15 is 0 Å². The number of carbonyl (C=O) groups is 1. The Hall–Kier alpha value is -1.88. The summed E-state index contributed by atoms with van der Waals surface area (Å²) >= 11 is 1.36. The van der Waals surface area contributed by atoms with E-state index in [1.165, 1.54) is 11.3 Å². The number of nitrogens with zero attached hydrogens (tertiary/aromatic N) is 1. The van der Waals surface area contributed by atoms with Crippen LogP contribution in [-0.4, -0.2) is 23.2 Å². The molecular formula is C13H13NO3S. The van der Waals surface area contributed by atoms with Gasteiger partial charge in [0.25, 0.3) is 0 Å². The van der Waals surface area contributed by atoms with Gasteiger partial charge >= 0.3 is 5.97 Å². The molecule has 4 nitrogen and oxygen atoms in total. The minimum absolute atomic E-state index is 0.109. The molecule has 0 aliphatic heterocycles. The Labute approximate surface area is 109 Å². The lowest BCUT2D eigenvalue weighted by atomic mass is 10.1. The van der Waals surface area contributed by atoms with Gasteiger partial charge in [-0.1, -0.05) is 6.07 Å². The molecule has 0 amide bonds. The van der Waals surface area contributed by atoms with Crippen molar-refractivity contribution in [1.29, 1.82) is 0 Å². The summed E-state index contributed by atoms with van der Waals surface area (Å²) in [6, 6.07) is 5.76. The highest BCUT2D eigenvalue weighted by Crippen LogP contribution is 2.34. The number of thiazole rings is 1. The van der Waals surface area contributed by atoms with Crippen molar-refractivity contribution in [3.05, 3.63) is 34.3 Å². The average Bonchev–Trinajstić information content (AvgIpc) is 2.71. The van der Waals surface area contributed by atoms with Crippen molar-refractivity contribution in [2.24, 2.45) is 0 Å². The lowest BCUT2D eigenvalue weighted by molar-refractivity contribution is 0.0690. The first-order chi connectivity index (χ1) is 8.52. The molecule has 5 heteroatoms. The van der Waals surface area contributed by atoms with Gasteiger partial charge < -0.3 is 9.84 Å². The molecule has 0 bridgehead atoms. The van der Waals surface area contributed by atoms with Crippen molar-refractivity contribution in [3.63, 3.8) is 0 Å². The SMILES string of the molecule is COc1cc(C)ccc1-c1nc(C(=O)O)c(C)s1. The lowest BCUT2D eigenvalue weighted by Crippen LogP contribution is -1.98. The molecule has 0 unspecified atom stereocenters. The number of rotatable bonds is 3. The normalized spacial score (nSPS) is 10.4. The van der Waals surface area contributed by atoms with E-state index in [-0.39, 0.29) is 5.69 Å². The highest BCUT2D eigenvalue weighted by Gasteiger charge is 2.17. The first kappa shape index (κ1) is 12.6. The maximum Gasteiger partial charge on any atom is 0.355 e. The molecular weight excluding hydrogens is 250 g/mol. The largest absolute Gasteiger partial charge is 0.496 e. The van der Waals surface area contributed by atoms with Crippen molar-refractivity contribution < 1.29 is 14.6 Å². The van der Waals surface area contributed by atoms with Crippen LogP contribution in [0.25, 0.3) is 10.6 Å². The molecule has 0 saturated carbocycles. The number of aromatic nitrogens is 1. The van der Waals surface area contributed by atoms with Gasteiger partial charge in [-0.15, -0.1) is 11.3 Å². The van der Waals surface area contributed by atoms with Gasteiger partial charge in [0.1, 0.15) is 10.8 Å². The van der Waals surface area contributed by atoms with Crippen LogP contribution in [0.15, 0.2) is 18.2 Å². The van der Waals surface area contributed by atoms with Gasteiger partial charge in [0, 0.05) is 4.88 Å². The summed E-state index contributed by atoms with van der Waals surface area (Å²) < 4.78 is 5.31. The van der Waals surface area contributed by atoms with Gasteiger partial charge in [-0.2, -0.15) is 0 Å². The quantitative estimate of drug-likeness (QED) is 0.924. The van der Waals surface area contributed by atoms with Crippen LogP contribution in [-0.2, 0) is 0 Å². The molecule has 2 rings (SSSR count). The van der Waals surface area contributed by atoms with Gasteiger partial charge in [0.15, 0.2) is 5.69 Å². The maximum atomic E-state index is 11.0. The van der Waals surface area contributed by atoms with Crippen LogP contribution in [0.1, 0.15) is 20.9 Å². The molecule has 18 heavy (non-hydrogen) atoms. The summed E-state index contributed by atoms with van der Waals surface area (Å²) in [5.41, 5.74) is 2.02. The number of aryl methyl sites for hydroxylation is 2. The van der Waals surface area contributed by atoms with Crippen molar-refractivity contribution >= 4 is 17.3 Å². The molecule has 0 spiro atoms. The topological polar surface area (TPSA) is 59.4 Å². The molecule has 2 aromatic rings. The standard InChI is InChI=1S/C13H13NO3S/c1-7-4-5-9(10(6-7)17-3)12-14-11(13(15)16)8(2)18-12/h4-6H,1-3H3,(H,15,16). The van der Waals surface area contributed by atoms with Crippen molar-refractivity contribution in [3.8, 4) is 16.3 Å². The second-order valence-corrected chi connectivity index (χ2v) is 5.14. The highest BCUT2D eigenvalue weighted by molar-refractivity contribution is 7.15. The number of ether oxygens (including phenoxy) is 1. The first-order valence-corrected chi connectivity index (χ1v) is 6.20. The third-order valence-electron chi connectivity index (χ3n) is 2.59. The molecule has 0 saturated heterocycles. The van der Waals surface area contributed by atoms with E-state index in [2.05, 4.69) is 4.98 Å². The summed E-state index contributed by atoms with van der Waals surface area (Å²) in [5.74, 6) is -0.290.